The lowest BCUT2D eigenvalue weighted by atomic mass is 9.95. The van der Waals surface area contributed by atoms with Crippen molar-refractivity contribution in [2.45, 2.75) is 49.5 Å². The topological polar surface area (TPSA) is 110 Å². The fourth-order valence-electron chi connectivity index (χ4n) is 7.49. The minimum absolute atomic E-state index is 0.0153. The lowest BCUT2D eigenvalue weighted by Crippen LogP contribution is -2.54. The SMILES string of the molecule is N#Cc1c(N)sc2c(F)ccc(-c3c(Cl)c4c5c(nc(OC[C@@]67CCCN6C[C@H](F)C7)nc5c3F)N3CC(C(F)F)OCC3CO4)c12. The first-order valence-corrected chi connectivity index (χ1v) is 16.2. The molecule has 6 heterocycles. The highest BCUT2D eigenvalue weighted by atomic mass is 35.5. The molecule has 0 saturated carbocycles. The zero-order valence-electron chi connectivity index (χ0n) is 24.5. The molecule has 0 amide bonds. The Morgan fingerprint density at radius 2 is 2.04 bits per heavy atom. The van der Waals surface area contributed by atoms with Gasteiger partial charge in [0.2, 0.25) is 0 Å². The lowest BCUT2D eigenvalue weighted by molar-refractivity contribution is -0.0755. The summed E-state index contributed by atoms with van der Waals surface area (Å²) in [5.41, 5.74) is 5.02. The van der Waals surface area contributed by atoms with E-state index in [2.05, 4.69) is 9.97 Å². The number of morpholine rings is 1. The van der Waals surface area contributed by atoms with Crippen molar-refractivity contribution < 1.29 is 36.2 Å². The number of hydrogen-bond donors (Lipinski definition) is 1. The maximum absolute atomic E-state index is 17.0. The Hall–Kier alpha value is -3.71. The third kappa shape index (κ3) is 4.67. The van der Waals surface area contributed by atoms with E-state index < -0.39 is 41.9 Å². The molecule has 9 nitrogen and oxygen atoms in total. The number of benzene rings is 2. The van der Waals surface area contributed by atoms with Gasteiger partial charge in [0.05, 0.1) is 45.4 Å². The van der Waals surface area contributed by atoms with Crippen LogP contribution in [0.25, 0.3) is 32.1 Å². The summed E-state index contributed by atoms with van der Waals surface area (Å²) in [6, 6.07) is 3.56. The number of nitrogen functional groups attached to an aromatic ring is 1. The lowest BCUT2D eigenvalue weighted by Gasteiger charge is -2.38. The number of nitrogens with two attached hydrogens (primary N) is 1. The van der Waals surface area contributed by atoms with Crippen LogP contribution < -0.4 is 20.1 Å². The molecule has 16 heteroatoms. The summed E-state index contributed by atoms with van der Waals surface area (Å²) in [5.74, 6) is -1.54. The number of halogens is 6. The molecule has 4 aliphatic heterocycles. The molecule has 0 bridgehead atoms. The molecule has 4 aromatic rings. The van der Waals surface area contributed by atoms with Crippen molar-refractivity contribution in [2.75, 3.05) is 50.1 Å². The summed E-state index contributed by atoms with van der Waals surface area (Å²) in [7, 11) is 0. The summed E-state index contributed by atoms with van der Waals surface area (Å²) in [6.45, 7) is 0.557. The summed E-state index contributed by atoms with van der Waals surface area (Å²) in [6.07, 6.45) is -3.42. The normalized spacial score (nSPS) is 25.6. The summed E-state index contributed by atoms with van der Waals surface area (Å²) < 4.78 is 91.9. The Kier molecular flexibility index (Phi) is 7.28. The first-order chi connectivity index (χ1) is 22.6. The Labute approximate surface area is 273 Å². The molecular weight excluding hydrogens is 667 g/mol. The van der Waals surface area contributed by atoms with Gasteiger partial charge in [-0.05, 0) is 31.0 Å². The minimum atomic E-state index is -2.80. The van der Waals surface area contributed by atoms with E-state index in [-0.39, 0.29) is 98.1 Å². The average Bonchev–Trinajstić information content (AvgIpc) is 3.66. The monoisotopic (exact) mass is 692 g/mol. The van der Waals surface area contributed by atoms with Crippen molar-refractivity contribution in [1.82, 2.24) is 14.9 Å². The maximum atomic E-state index is 17.0. The van der Waals surface area contributed by atoms with Crippen molar-refractivity contribution in [1.29, 1.82) is 5.26 Å². The molecule has 0 spiro atoms. The zero-order chi connectivity index (χ0) is 32.8. The van der Waals surface area contributed by atoms with Crippen molar-refractivity contribution in [3.05, 3.63) is 34.4 Å². The van der Waals surface area contributed by atoms with Gasteiger partial charge in [0, 0.05) is 23.9 Å². The molecule has 3 saturated heterocycles. The molecule has 2 aromatic heterocycles. The van der Waals surface area contributed by atoms with Crippen LogP contribution >= 0.6 is 22.9 Å². The first kappa shape index (κ1) is 30.6. The number of aromatic nitrogens is 2. The molecule has 2 N–H and O–H groups in total. The van der Waals surface area contributed by atoms with Crippen molar-refractivity contribution in [2.24, 2.45) is 0 Å². The molecule has 4 aliphatic rings. The van der Waals surface area contributed by atoms with E-state index in [4.69, 9.17) is 31.5 Å². The molecule has 4 atom stereocenters. The van der Waals surface area contributed by atoms with Crippen LogP contribution in [0.4, 0.5) is 32.8 Å². The second kappa shape index (κ2) is 11.2. The van der Waals surface area contributed by atoms with Gasteiger partial charge in [-0.3, -0.25) is 4.90 Å². The number of ether oxygens (including phenoxy) is 3. The molecular formula is C31H26ClF5N6O3S. The van der Waals surface area contributed by atoms with Gasteiger partial charge in [0.25, 0.3) is 6.43 Å². The molecule has 246 valence electrons. The van der Waals surface area contributed by atoms with Crippen molar-refractivity contribution in [3.63, 3.8) is 0 Å². The largest absolute Gasteiger partial charge is 0.489 e. The number of fused-ring (bicyclic) bond motifs is 4. The highest BCUT2D eigenvalue weighted by molar-refractivity contribution is 7.23. The van der Waals surface area contributed by atoms with Crippen LogP contribution in [0.5, 0.6) is 11.8 Å². The highest BCUT2D eigenvalue weighted by Gasteiger charge is 2.49. The van der Waals surface area contributed by atoms with E-state index >= 15 is 4.39 Å². The number of alkyl halides is 3. The van der Waals surface area contributed by atoms with E-state index in [1.54, 1.807) is 4.90 Å². The minimum Gasteiger partial charge on any atom is -0.489 e. The smallest absolute Gasteiger partial charge is 0.319 e. The van der Waals surface area contributed by atoms with Gasteiger partial charge in [-0.2, -0.15) is 15.2 Å². The van der Waals surface area contributed by atoms with Crippen LogP contribution in [-0.4, -0.2) is 84.6 Å². The number of nitriles is 1. The van der Waals surface area contributed by atoms with E-state index in [0.717, 1.165) is 30.4 Å². The summed E-state index contributed by atoms with van der Waals surface area (Å²) >= 11 is 7.77. The Morgan fingerprint density at radius 3 is 2.83 bits per heavy atom. The van der Waals surface area contributed by atoms with Crippen molar-refractivity contribution in [3.8, 4) is 29.0 Å². The van der Waals surface area contributed by atoms with Crippen molar-refractivity contribution >= 4 is 54.7 Å². The van der Waals surface area contributed by atoms with E-state index in [1.165, 1.54) is 6.07 Å². The first-order valence-electron chi connectivity index (χ1n) is 15.0. The van der Waals surface area contributed by atoms with Gasteiger partial charge in [-0.25, -0.2) is 22.0 Å². The van der Waals surface area contributed by atoms with E-state index in [9.17, 15) is 22.8 Å². The molecule has 3 fully saturated rings. The third-order valence-corrected chi connectivity index (χ3v) is 11.1. The number of anilines is 2. The molecule has 8 rings (SSSR count). The molecule has 47 heavy (non-hydrogen) atoms. The van der Waals surface area contributed by atoms with E-state index in [1.807, 2.05) is 11.0 Å². The van der Waals surface area contributed by atoms with Gasteiger partial charge in [-0.1, -0.05) is 17.7 Å². The number of rotatable bonds is 5. The van der Waals surface area contributed by atoms with Gasteiger partial charge >= 0.3 is 6.01 Å². The molecule has 2 aromatic carbocycles. The van der Waals surface area contributed by atoms with Crippen LogP contribution in [0.3, 0.4) is 0 Å². The summed E-state index contributed by atoms with van der Waals surface area (Å²) in [5, 5.41) is 9.83. The second-order valence-electron chi connectivity index (χ2n) is 12.3. The predicted octanol–water partition coefficient (Wildman–Crippen LogP) is 6.08. The predicted molar refractivity (Wildman–Crippen MR) is 165 cm³/mol. The second-order valence-corrected chi connectivity index (χ2v) is 13.8. The quantitative estimate of drug-likeness (QED) is 0.249. The standard InChI is InChI=1S/C31H26ClF5N6O3S/c32-22-20(15-2-3-17(34)26-19(15)16(7-38)28(39)47-26)23(35)24-21-25(22)45-11-14-10-44-18(27(36)37)9-43(14)29(21)41-30(40-24)46-12-31-4-1-5-42(31)8-13(33)6-31/h2-3,13-14,18,27H,1,4-6,8-12,39H2/t13-,14?,18?,31+/m1/s1. The Bertz CT molecular complexity index is 1990. The van der Waals surface area contributed by atoms with E-state index in [0.29, 0.717) is 13.0 Å². The Morgan fingerprint density at radius 1 is 1.21 bits per heavy atom. The van der Waals surface area contributed by atoms with Crippen LogP contribution in [0.1, 0.15) is 24.8 Å². The van der Waals surface area contributed by atoms with Gasteiger partial charge in [-0.15, -0.1) is 11.3 Å². The molecule has 0 aliphatic carbocycles. The average molecular weight is 693 g/mol. The number of hydrogen-bond acceptors (Lipinski definition) is 10. The van der Waals surface area contributed by atoms with Gasteiger partial charge in [0.15, 0.2) is 11.6 Å². The number of thiophene rings is 1. The summed E-state index contributed by atoms with van der Waals surface area (Å²) in [4.78, 5) is 12.7. The molecule has 0 radical (unpaired) electrons. The van der Waals surface area contributed by atoms with Gasteiger partial charge < -0.3 is 24.8 Å². The van der Waals surface area contributed by atoms with Crippen LogP contribution in [0, 0.1) is 23.0 Å². The fraction of sp³-hybridized carbons (Fsp3) is 0.452. The fourth-order valence-corrected chi connectivity index (χ4v) is 8.77. The van der Waals surface area contributed by atoms with Gasteiger partial charge in [0.1, 0.15) is 53.7 Å². The van der Waals surface area contributed by atoms with Crippen LogP contribution in [-0.2, 0) is 4.74 Å². The number of nitrogens with zero attached hydrogens (tertiary/aromatic N) is 5. The Balaban J connectivity index is 1.34. The zero-order valence-corrected chi connectivity index (χ0v) is 26.1. The third-order valence-electron chi connectivity index (χ3n) is 9.67. The molecule has 2 unspecified atom stereocenters. The highest BCUT2D eigenvalue weighted by Crippen LogP contribution is 2.51. The van der Waals surface area contributed by atoms with Crippen LogP contribution in [0.2, 0.25) is 5.02 Å². The van der Waals surface area contributed by atoms with Crippen LogP contribution in [0.15, 0.2) is 12.1 Å². The maximum Gasteiger partial charge on any atom is 0.319 e.